The van der Waals surface area contributed by atoms with E-state index >= 15 is 0 Å². The van der Waals surface area contributed by atoms with E-state index in [1.54, 1.807) is 19.3 Å². The molecule has 0 spiro atoms. The highest BCUT2D eigenvalue weighted by molar-refractivity contribution is 5.74. The summed E-state index contributed by atoms with van der Waals surface area (Å²) in [6.07, 6.45) is 8.30. The highest BCUT2D eigenvalue weighted by Crippen LogP contribution is 2.35. The van der Waals surface area contributed by atoms with Crippen LogP contribution in [0.1, 0.15) is 26.2 Å². The van der Waals surface area contributed by atoms with Crippen LogP contribution in [0.15, 0.2) is 24.3 Å². The van der Waals surface area contributed by atoms with Crippen molar-refractivity contribution in [2.45, 2.75) is 38.0 Å². The van der Waals surface area contributed by atoms with E-state index < -0.39 is 11.8 Å². The average Bonchev–Trinajstić information content (AvgIpc) is 2.50. The first-order valence-corrected chi connectivity index (χ1v) is 7.69. The molecule has 1 fully saturated rings. The van der Waals surface area contributed by atoms with Gasteiger partial charge in [-0.25, -0.2) is 9.18 Å². The topological polar surface area (TPSA) is 41.6 Å². The molecule has 1 aliphatic carbocycles. The number of urea groups is 1. The zero-order valence-corrected chi connectivity index (χ0v) is 12.8. The molecule has 4 nitrogen and oxygen atoms in total. The van der Waals surface area contributed by atoms with Crippen molar-refractivity contribution in [2.75, 3.05) is 26.7 Å². The molecule has 0 aromatic heterocycles. The summed E-state index contributed by atoms with van der Waals surface area (Å²) in [5.74, 6) is 0.380. The molecule has 1 N–H and O–H groups in total. The normalized spacial score (nSPS) is 29.7. The van der Waals surface area contributed by atoms with Gasteiger partial charge < -0.3 is 15.0 Å². The molecule has 0 aromatic carbocycles. The number of halogens is 1. The second kappa shape index (κ2) is 7.07. The molecule has 0 saturated carbocycles. The number of rotatable bonds is 4. The number of amides is 2. The van der Waals surface area contributed by atoms with Crippen molar-refractivity contribution in [3.8, 4) is 0 Å². The Morgan fingerprint density at radius 3 is 2.71 bits per heavy atom. The fourth-order valence-electron chi connectivity index (χ4n) is 3.13. The summed E-state index contributed by atoms with van der Waals surface area (Å²) in [5.41, 5.74) is -0.840. The van der Waals surface area contributed by atoms with Crippen LogP contribution in [0.25, 0.3) is 0 Å². The molecule has 118 valence electrons. The number of hydrogen-bond donors (Lipinski definition) is 1. The Labute approximate surface area is 126 Å². The Morgan fingerprint density at radius 1 is 1.43 bits per heavy atom. The second-order valence-electron chi connectivity index (χ2n) is 5.77. The van der Waals surface area contributed by atoms with Crippen molar-refractivity contribution < 1.29 is 13.9 Å². The summed E-state index contributed by atoms with van der Waals surface area (Å²) in [5, 5.41) is 2.82. The lowest BCUT2D eigenvalue weighted by Gasteiger charge is -2.39. The van der Waals surface area contributed by atoms with Crippen LogP contribution in [0, 0.1) is 5.92 Å². The van der Waals surface area contributed by atoms with Gasteiger partial charge in [-0.1, -0.05) is 12.2 Å². The van der Waals surface area contributed by atoms with Gasteiger partial charge in [0.25, 0.3) is 0 Å². The number of alkyl halides is 1. The molecule has 21 heavy (non-hydrogen) atoms. The molecule has 0 aromatic rings. The molecule has 5 heteroatoms. The van der Waals surface area contributed by atoms with Gasteiger partial charge in [0.05, 0.1) is 0 Å². The van der Waals surface area contributed by atoms with Crippen molar-refractivity contribution in [3.63, 3.8) is 0 Å². The van der Waals surface area contributed by atoms with Gasteiger partial charge in [-0.2, -0.15) is 0 Å². The number of carbonyl (C=O) groups is 1. The highest BCUT2D eigenvalue weighted by Gasteiger charge is 2.39. The van der Waals surface area contributed by atoms with E-state index in [1.165, 1.54) is 0 Å². The molecule has 1 saturated heterocycles. The summed E-state index contributed by atoms with van der Waals surface area (Å²) in [4.78, 5) is 13.6. The molecule has 0 radical (unpaired) electrons. The Bertz CT molecular complexity index is 417. The summed E-state index contributed by atoms with van der Waals surface area (Å²) < 4.78 is 19.7. The number of nitrogens with one attached hydrogen (secondary N) is 1. The first kappa shape index (κ1) is 16.0. The van der Waals surface area contributed by atoms with Crippen molar-refractivity contribution in [1.82, 2.24) is 10.2 Å². The monoisotopic (exact) mass is 296 g/mol. The van der Waals surface area contributed by atoms with Crippen LogP contribution in [0.2, 0.25) is 0 Å². The molecule has 2 amide bonds. The van der Waals surface area contributed by atoms with E-state index in [9.17, 15) is 9.18 Å². The predicted octanol–water partition coefficient (Wildman–Crippen LogP) is 2.67. The lowest BCUT2D eigenvalue weighted by Crippen LogP contribution is -2.47. The minimum Gasteiger partial charge on any atom is -0.371 e. The fraction of sp³-hybridized carbons (Fsp3) is 0.688. The number of hydrogen-bond acceptors (Lipinski definition) is 2. The van der Waals surface area contributed by atoms with Gasteiger partial charge in [0.1, 0.15) is 5.60 Å². The number of methoxy groups -OCH3 is 1. The first-order valence-electron chi connectivity index (χ1n) is 7.69. The average molecular weight is 296 g/mol. The van der Waals surface area contributed by atoms with E-state index in [4.69, 9.17) is 4.74 Å². The molecule has 2 rings (SSSR count). The smallest absolute Gasteiger partial charge is 0.317 e. The van der Waals surface area contributed by atoms with Gasteiger partial charge in [-0.15, -0.1) is 0 Å². The summed E-state index contributed by atoms with van der Waals surface area (Å²) in [7, 11) is 1.57. The largest absolute Gasteiger partial charge is 0.371 e. The molecule has 2 unspecified atom stereocenters. The zero-order chi connectivity index (χ0) is 15.3. The molecular formula is C16H25FN2O2. The Balaban J connectivity index is 1.89. The van der Waals surface area contributed by atoms with Gasteiger partial charge in [-0.05, 0) is 44.3 Å². The number of ether oxygens (including phenoxy) is 1. The zero-order valence-electron chi connectivity index (χ0n) is 12.8. The highest BCUT2D eigenvalue weighted by atomic mass is 19.1. The molecule has 2 atom stereocenters. The number of carbonyl (C=O) groups excluding carboxylic acids is 1. The third-order valence-corrected chi connectivity index (χ3v) is 4.45. The van der Waals surface area contributed by atoms with Crippen LogP contribution >= 0.6 is 0 Å². The summed E-state index contributed by atoms with van der Waals surface area (Å²) >= 11 is 0. The van der Waals surface area contributed by atoms with Crippen molar-refractivity contribution in [3.05, 3.63) is 24.3 Å². The maximum atomic E-state index is 14.2. The van der Waals surface area contributed by atoms with Crippen LogP contribution in [0.4, 0.5) is 9.18 Å². The van der Waals surface area contributed by atoms with E-state index in [2.05, 4.69) is 5.32 Å². The van der Waals surface area contributed by atoms with Crippen LogP contribution in [0.3, 0.4) is 0 Å². The Hall–Kier alpha value is -1.36. The van der Waals surface area contributed by atoms with Crippen molar-refractivity contribution in [1.29, 1.82) is 0 Å². The maximum Gasteiger partial charge on any atom is 0.317 e. The second-order valence-corrected chi connectivity index (χ2v) is 5.77. The van der Waals surface area contributed by atoms with Gasteiger partial charge >= 0.3 is 6.03 Å². The third-order valence-electron chi connectivity index (χ3n) is 4.45. The van der Waals surface area contributed by atoms with E-state index in [0.29, 0.717) is 18.9 Å². The van der Waals surface area contributed by atoms with Gasteiger partial charge in [0.15, 0.2) is 6.17 Å². The number of likely N-dealkylation sites (tertiary alicyclic amines) is 1. The Morgan fingerprint density at radius 2 is 2.14 bits per heavy atom. The molecular weight excluding hydrogens is 271 g/mol. The first-order chi connectivity index (χ1) is 10.1. The molecule has 0 bridgehead atoms. The minimum absolute atomic E-state index is 0.00117. The lowest BCUT2D eigenvalue weighted by molar-refractivity contribution is -0.0387. The van der Waals surface area contributed by atoms with E-state index in [0.717, 1.165) is 25.9 Å². The molecule has 1 heterocycles. The SMILES string of the molecule is CCNC(=O)N1CCC(CC2(OC)C=CC=CC2F)CC1. The maximum absolute atomic E-state index is 14.2. The standard InChI is InChI=1S/C16H25FN2O2/c1-3-18-15(20)19-10-7-13(8-11-19)12-16(21-2)9-5-4-6-14(16)17/h4-6,9,13-14H,3,7-8,10-12H2,1-2H3,(H,18,20). The number of allylic oxidation sites excluding steroid dienone is 2. The fourth-order valence-corrected chi connectivity index (χ4v) is 3.13. The van der Waals surface area contributed by atoms with E-state index in [-0.39, 0.29) is 6.03 Å². The third kappa shape index (κ3) is 3.64. The van der Waals surface area contributed by atoms with Gasteiger partial charge in [0, 0.05) is 26.7 Å². The Kier molecular flexibility index (Phi) is 5.39. The quantitative estimate of drug-likeness (QED) is 0.866. The molecule has 2 aliphatic rings. The number of piperidine rings is 1. The number of nitrogens with zero attached hydrogens (tertiary/aromatic N) is 1. The van der Waals surface area contributed by atoms with Gasteiger partial charge in [-0.3, -0.25) is 0 Å². The van der Waals surface area contributed by atoms with Crippen molar-refractivity contribution >= 4 is 6.03 Å². The van der Waals surface area contributed by atoms with Crippen molar-refractivity contribution in [2.24, 2.45) is 5.92 Å². The van der Waals surface area contributed by atoms with Crippen LogP contribution in [0.5, 0.6) is 0 Å². The lowest BCUT2D eigenvalue weighted by atomic mass is 9.80. The molecule has 1 aliphatic heterocycles. The summed E-state index contributed by atoms with van der Waals surface area (Å²) in [6.45, 7) is 4.02. The minimum atomic E-state index is -1.10. The van der Waals surface area contributed by atoms with Gasteiger partial charge in [0.2, 0.25) is 0 Å². The van der Waals surface area contributed by atoms with Crippen LogP contribution < -0.4 is 5.32 Å². The van der Waals surface area contributed by atoms with Crippen LogP contribution in [-0.2, 0) is 4.74 Å². The summed E-state index contributed by atoms with van der Waals surface area (Å²) in [6, 6.07) is 0.00117. The van der Waals surface area contributed by atoms with E-state index in [1.807, 2.05) is 24.0 Å². The predicted molar refractivity (Wildman–Crippen MR) is 80.9 cm³/mol. The van der Waals surface area contributed by atoms with Crippen LogP contribution in [-0.4, -0.2) is 49.4 Å².